The van der Waals surface area contributed by atoms with Crippen molar-refractivity contribution in [2.24, 2.45) is 0 Å². The molecule has 5 nitrogen and oxygen atoms in total. The van der Waals surface area contributed by atoms with Gasteiger partial charge in [-0.3, -0.25) is 0 Å². The van der Waals surface area contributed by atoms with Gasteiger partial charge < -0.3 is 10.2 Å². The van der Waals surface area contributed by atoms with Crippen molar-refractivity contribution >= 4 is 27.4 Å². The lowest BCUT2D eigenvalue weighted by molar-refractivity contribution is -0.139. The monoisotopic (exact) mass is 367 g/mol. The van der Waals surface area contributed by atoms with Gasteiger partial charge in [0.15, 0.2) is 5.11 Å². The summed E-state index contributed by atoms with van der Waals surface area (Å²) in [5.74, 6) is 0. The molecule has 128 valence electrons. The number of halogens is 3. The molecule has 0 bridgehead atoms. The molecule has 1 heterocycles. The van der Waals surface area contributed by atoms with E-state index in [0.717, 1.165) is 16.4 Å². The van der Waals surface area contributed by atoms with Crippen molar-refractivity contribution in [2.45, 2.75) is 11.1 Å². The van der Waals surface area contributed by atoms with Crippen LogP contribution in [0.5, 0.6) is 0 Å². The van der Waals surface area contributed by atoms with Crippen molar-refractivity contribution in [3.63, 3.8) is 0 Å². The molecule has 0 spiro atoms. The molecule has 1 aliphatic heterocycles. The van der Waals surface area contributed by atoms with Crippen molar-refractivity contribution in [2.75, 3.05) is 33.2 Å². The number of hydrogen-bond donors (Lipinski definition) is 1. The molecule has 0 radical (unpaired) electrons. The van der Waals surface area contributed by atoms with Crippen LogP contribution in [0.25, 0.3) is 0 Å². The number of thiocarbonyl (C=S) groups is 1. The summed E-state index contributed by atoms with van der Waals surface area (Å²) in [6, 6.07) is 4.22. The lowest BCUT2D eigenvalue weighted by Crippen LogP contribution is -2.52. The first-order valence-corrected chi connectivity index (χ1v) is 8.66. The van der Waals surface area contributed by atoms with Gasteiger partial charge in [-0.15, -0.1) is 0 Å². The molecular weight excluding hydrogens is 351 g/mol. The number of hydrogen-bond acceptors (Lipinski definition) is 3. The highest BCUT2D eigenvalue weighted by molar-refractivity contribution is 7.89. The second-order valence-corrected chi connectivity index (χ2v) is 7.23. The molecule has 1 saturated heterocycles. The topological polar surface area (TPSA) is 52.6 Å². The predicted octanol–water partition coefficient (Wildman–Crippen LogP) is 1.52. The molecule has 0 unspecified atom stereocenters. The summed E-state index contributed by atoms with van der Waals surface area (Å²) in [6.45, 7) is 0.812. The van der Waals surface area contributed by atoms with Crippen molar-refractivity contribution in [3.05, 3.63) is 29.8 Å². The summed E-state index contributed by atoms with van der Waals surface area (Å²) in [6.07, 6.45) is -4.72. The maximum absolute atomic E-state index is 13.0. The van der Waals surface area contributed by atoms with Crippen molar-refractivity contribution in [1.82, 2.24) is 14.5 Å². The standard InChI is InChI=1S/C13H16F3N3O2S2/c1-17-12(22)18-6-8-19(9-7-18)23(20,21)11-5-3-2-4-10(11)13(14,15)16/h2-5H,6-9H2,1H3,(H,17,22). The van der Waals surface area contributed by atoms with Crippen LogP contribution in [-0.2, 0) is 16.2 Å². The zero-order chi connectivity index (χ0) is 17.3. The van der Waals surface area contributed by atoms with Crippen LogP contribution in [0.4, 0.5) is 13.2 Å². The van der Waals surface area contributed by atoms with Gasteiger partial charge in [0.2, 0.25) is 10.0 Å². The van der Waals surface area contributed by atoms with Crippen LogP contribution < -0.4 is 5.32 Å². The van der Waals surface area contributed by atoms with E-state index in [1.54, 1.807) is 11.9 Å². The molecule has 0 aliphatic carbocycles. The number of sulfonamides is 1. The Morgan fingerprint density at radius 1 is 1.17 bits per heavy atom. The van der Waals surface area contributed by atoms with Gasteiger partial charge in [0.05, 0.1) is 10.5 Å². The van der Waals surface area contributed by atoms with Gasteiger partial charge in [-0.05, 0) is 24.4 Å². The fraction of sp³-hybridized carbons (Fsp3) is 0.462. The van der Waals surface area contributed by atoms with Gasteiger partial charge in [0.1, 0.15) is 0 Å². The second-order valence-electron chi connectivity index (χ2n) is 4.94. The Bertz CT molecular complexity index is 684. The highest BCUT2D eigenvalue weighted by Crippen LogP contribution is 2.35. The van der Waals surface area contributed by atoms with E-state index >= 15 is 0 Å². The zero-order valence-corrected chi connectivity index (χ0v) is 13.9. The molecular formula is C13H16F3N3O2S2. The molecule has 23 heavy (non-hydrogen) atoms. The Morgan fingerprint density at radius 2 is 1.74 bits per heavy atom. The average Bonchev–Trinajstić information content (AvgIpc) is 2.53. The first-order valence-electron chi connectivity index (χ1n) is 6.81. The minimum Gasteiger partial charge on any atom is -0.366 e. The van der Waals surface area contributed by atoms with Gasteiger partial charge in [-0.25, -0.2) is 8.42 Å². The van der Waals surface area contributed by atoms with E-state index in [2.05, 4.69) is 5.32 Å². The van der Waals surface area contributed by atoms with E-state index in [-0.39, 0.29) is 13.1 Å². The molecule has 1 aromatic rings. The molecule has 0 amide bonds. The van der Waals surface area contributed by atoms with Crippen LogP contribution in [0.3, 0.4) is 0 Å². The number of benzene rings is 1. The molecule has 0 saturated carbocycles. The highest BCUT2D eigenvalue weighted by Gasteiger charge is 2.39. The van der Waals surface area contributed by atoms with E-state index < -0.39 is 26.7 Å². The fourth-order valence-corrected chi connectivity index (χ4v) is 4.17. The number of nitrogens with zero attached hydrogens (tertiary/aromatic N) is 2. The Labute approximate surface area is 138 Å². The number of rotatable bonds is 2. The minimum absolute atomic E-state index is 0.0797. The third kappa shape index (κ3) is 3.75. The van der Waals surface area contributed by atoms with Crippen LogP contribution in [0.2, 0.25) is 0 Å². The van der Waals surface area contributed by atoms with Crippen LogP contribution >= 0.6 is 12.2 Å². The third-order valence-electron chi connectivity index (χ3n) is 3.55. The Kier molecular flexibility index (Phi) is 5.17. The maximum Gasteiger partial charge on any atom is 0.417 e. The third-order valence-corrected chi connectivity index (χ3v) is 5.97. The first kappa shape index (κ1) is 18.0. The van der Waals surface area contributed by atoms with Crippen molar-refractivity contribution in [3.8, 4) is 0 Å². The fourth-order valence-electron chi connectivity index (χ4n) is 2.35. The average molecular weight is 367 g/mol. The molecule has 10 heteroatoms. The smallest absolute Gasteiger partial charge is 0.366 e. The summed E-state index contributed by atoms with van der Waals surface area (Å²) in [5.41, 5.74) is -1.15. The Hall–Kier alpha value is -1.39. The summed E-state index contributed by atoms with van der Waals surface area (Å²) in [4.78, 5) is 1.06. The van der Waals surface area contributed by atoms with Crippen LogP contribution in [-0.4, -0.2) is 56.0 Å². The molecule has 1 fully saturated rings. The summed E-state index contributed by atoms with van der Waals surface area (Å²) >= 11 is 5.07. The maximum atomic E-state index is 13.0. The minimum atomic E-state index is -4.72. The summed E-state index contributed by atoms with van der Waals surface area (Å²) in [7, 11) is -2.55. The van der Waals surface area contributed by atoms with Crippen molar-refractivity contribution < 1.29 is 21.6 Å². The van der Waals surface area contributed by atoms with Gasteiger partial charge in [-0.1, -0.05) is 12.1 Å². The predicted molar refractivity (Wildman–Crippen MR) is 83.4 cm³/mol. The van der Waals surface area contributed by atoms with E-state index in [1.807, 2.05) is 0 Å². The lowest BCUT2D eigenvalue weighted by Gasteiger charge is -2.35. The van der Waals surface area contributed by atoms with Crippen LogP contribution in [0, 0.1) is 0 Å². The zero-order valence-electron chi connectivity index (χ0n) is 12.3. The molecule has 1 aromatic carbocycles. The van der Waals surface area contributed by atoms with Gasteiger partial charge in [-0.2, -0.15) is 17.5 Å². The molecule has 2 rings (SSSR count). The van der Waals surface area contributed by atoms with Gasteiger partial charge >= 0.3 is 6.18 Å². The van der Waals surface area contributed by atoms with Gasteiger partial charge in [0.25, 0.3) is 0 Å². The van der Waals surface area contributed by atoms with E-state index in [1.165, 1.54) is 12.1 Å². The molecule has 0 atom stereocenters. The number of piperazine rings is 1. The van der Waals surface area contributed by atoms with E-state index in [0.29, 0.717) is 18.2 Å². The lowest BCUT2D eigenvalue weighted by atomic mass is 10.2. The second kappa shape index (κ2) is 6.62. The molecule has 0 aromatic heterocycles. The normalized spacial score (nSPS) is 17.1. The first-order chi connectivity index (χ1) is 10.7. The Balaban J connectivity index is 2.26. The van der Waals surface area contributed by atoms with Crippen molar-refractivity contribution in [1.29, 1.82) is 0 Å². The van der Waals surface area contributed by atoms with E-state index in [9.17, 15) is 21.6 Å². The summed E-state index contributed by atoms with van der Waals surface area (Å²) in [5, 5.41) is 3.27. The van der Waals surface area contributed by atoms with Crippen LogP contribution in [0.1, 0.15) is 5.56 Å². The molecule has 1 N–H and O–H groups in total. The molecule has 1 aliphatic rings. The highest BCUT2D eigenvalue weighted by atomic mass is 32.2. The summed E-state index contributed by atoms with van der Waals surface area (Å²) < 4.78 is 65.3. The van der Waals surface area contributed by atoms with E-state index in [4.69, 9.17) is 12.2 Å². The van der Waals surface area contributed by atoms with Gasteiger partial charge in [0, 0.05) is 33.2 Å². The van der Waals surface area contributed by atoms with Crippen LogP contribution in [0.15, 0.2) is 29.2 Å². The quantitative estimate of drug-likeness (QED) is 0.804. The Morgan fingerprint density at radius 3 is 2.26 bits per heavy atom. The largest absolute Gasteiger partial charge is 0.417 e. The number of nitrogens with one attached hydrogen (secondary N) is 1. The SMILES string of the molecule is CNC(=S)N1CCN(S(=O)(=O)c2ccccc2C(F)(F)F)CC1. The number of alkyl halides is 3.